The molecular weight excluding hydrogens is 420 g/mol. The van der Waals surface area contributed by atoms with Crippen LogP contribution in [-0.2, 0) is 10.0 Å². The Morgan fingerprint density at radius 2 is 1.43 bits per heavy atom. The van der Waals surface area contributed by atoms with Crippen molar-refractivity contribution in [1.82, 2.24) is 10.2 Å². The highest BCUT2D eigenvalue weighted by atomic mass is 32.2. The van der Waals surface area contributed by atoms with Gasteiger partial charge in [0.2, 0.25) is 5.13 Å². The lowest BCUT2D eigenvalue weighted by Crippen LogP contribution is -2.18. The summed E-state index contributed by atoms with van der Waals surface area (Å²) in [4.78, 5) is 12.9. The van der Waals surface area contributed by atoms with Crippen LogP contribution in [0.2, 0.25) is 0 Å². The van der Waals surface area contributed by atoms with Gasteiger partial charge in [-0.25, -0.2) is 8.42 Å². The van der Waals surface area contributed by atoms with E-state index in [9.17, 15) is 13.2 Å². The highest BCUT2D eigenvalue weighted by molar-refractivity contribution is 7.92. The molecule has 0 radical (unpaired) electrons. The van der Waals surface area contributed by atoms with Crippen LogP contribution in [-0.4, -0.2) is 24.5 Å². The smallest absolute Gasteiger partial charge is 0.261 e. The number of benzene rings is 3. The fraction of sp³-hybridized carbons (Fsp3) is 0. The molecule has 0 bridgehead atoms. The second-order valence-electron chi connectivity index (χ2n) is 6.20. The third kappa shape index (κ3) is 4.37. The summed E-state index contributed by atoms with van der Waals surface area (Å²) in [5.41, 5.74) is 1.24. The normalized spacial score (nSPS) is 11.1. The van der Waals surface area contributed by atoms with E-state index in [1.165, 1.54) is 35.6 Å². The van der Waals surface area contributed by atoms with E-state index in [0.29, 0.717) is 10.1 Å². The number of hydrogen-bond acceptors (Lipinski definition) is 6. The summed E-state index contributed by atoms with van der Waals surface area (Å²) < 4.78 is 27.7. The molecule has 0 aliphatic rings. The van der Waals surface area contributed by atoms with Crippen LogP contribution in [0.25, 0.3) is 10.6 Å². The molecule has 150 valence electrons. The third-order valence-electron chi connectivity index (χ3n) is 4.14. The molecule has 0 aliphatic heterocycles. The van der Waals surface area contributed by atoms with E-state index in [1.54, 1.807) is 30.3 Å². The van der Waals surface area contributed by atoms with Gasteiger partial charge in [0.25, 0.3) is 15.9 Å². The summed E-state index contributed by atoms with van der Waals surface area (Å²) in [6.07, 6.45) is 0. The molecule has 0 spiro atoms. The number of amides is 1. The van der Waals surface area contributed by atoms with Crippen molar-refractivity contribution in [3.8, 4) is 10.6 Å². The van der Waals surface area contributed by atoms with Crippen LogP contribution in [0.3, 0.4) is 0 Å². The van der Waals surface area contributed by atoms with Crippen molar-refractivity contribution in [2.24, 2.45) is 0 Å². The van der Waals surface area contributed by atoms with Gasteiger partial charge in [0, 0.05) is 5.56 Å². The topological polar surface area (TPSA) is 101 Å². The summed E-state index contributed by atoms with van der Waals surface area (Å²) in [6.45, 7) is 0. The molecule has 1 aromatic heterocycles. The van der Waals surface area contributed by atoms with Crippen LogP contribution in [0, 0.1) is 0 Å². The third-order valence-corrected chi connectivity index (χ3v) is 6.40. The average Bonchev–Trinajstić information content (AvgIpc) is 3.23. The van der Waals surface area contributed by atoms with E-state index in [4.69, 9.17) is 0 Å². The zero-order valence-electron chi connectivity index (χ0n) is 15.5. The molecule has 4 rings (SSSR count). The van der Waals surface area contributed by atoms with Gasteiger partial charge in [-0.05, 0) is 24.3 Å². The second kappa shape index (κ2) is 8.44. The first-order valence-corrected chi connectivity index (χ1v) is 11.2. The molecule has 1 amide bonds. The Bertz CT molecular complexity index is 1270. The molecular formula is C21H16N4O3S2. The summed E-state index contributed by atoms with van der Waals surface area (Å²) in [7, 11) is -3.83. The Morgan fingerprint density at radius 1 is 0.800 bits per heavy atom. The van der Waals surface area contributed by atoms with Gasteiger partial charge in [-0.3, -0.25) is 14.8 Å². The molecule has 0 saturated heterocycles. The average molecular weight is 437 g/mol. The van der Waals surface area contributed by atoms with Crippen molar-refractivity contribution in [3.05, 3.63) is 90.5 Å². The van der Waals surface area contributed by atoms with E-state index < -0.39 is 15.9 Å². The lowest BCUT2D eigenvalue weighted by atomic mass is 10.2. The Labute approximate surface area is 177 Å². The van der Waals surface area contributed by atoms with Gasteiger partial charge in [-0.1, -0.05) is 72.0 Å². The van der Waals surface area contributed by atoms with Gasteiger partial charge in [0.05, 0.1) is 16.1 Å². The first-order chi connectivity index (χ1) is 14.5. The molecule has 1 heterocycles. The SMILES string of the molecule is O=C(Nc1nnc(-c2ccccc2)s1)c1ccccc1NS(=O)(=O)c1ccccc1. The van der Waals surface area contributed by atoms with E-state index in [0.717, 1.165) is 5.56 Å². The highest BCUT2D eigenvalue weighted by Crippen LogP contribution is 2.27. The minimum absolute atomic E-state index is 0.108. The van der Waals surface area contributed by atoms with Crippen LogP contribution in [0.5, 0.6) is 0 Å². The lowest BCUT2D eigenvalue weighted by Gasteiger charge is -2.12. The van der Waals surface area contributed by atoms with Gasteiger partial charge in [0.15, 0.2) is 0 Å². The zero-order chi connectivity index (χ0) is 21.0. The van der Waals surface area contributed by atoms with Crippen LogP contribution in [0.15, 0.2) is 89.8 Å². The molecule has 4 aromatic rings. The Morgan fingerprint density at radius 3 is 2.17 bits per heavy atom. The molecule has 0 fully saturated rings. The first kappa shape index (κ1) is 19.7. The van der Waals surface area contributed by atoms with Crippen LogP contribution in [0.1, 0.15) is 10.4 Å². The van der Waals surface area contributed by atoms with Crippen molar-refractivity contribution in [3.63, 3.8) is 0 Å². The van der Waals surface area contributed by atoms with E-state index in [1.807, 2.05) is 30.3 Å². The van der Waals surface area contributed by atoms with Crippen LogP contribution in [0.4, 0.5) is 10.8 Å². The summed E-state index contributed by atoms with van der Waals surface area (Å²) >= 11 is 1.23. The van der Waals surface area contributed by atoms with Gasteiger partial charge in [0.1, 0.15) is 5.01 Å². The Kier molecular flexibility index (Phi) is 5.55. The van der Waals surface area contributed by atoms with E-state index >= 15 is 0 Å². The molecule has 0 atom stereocenters. The van der Waals surface area contributed by atoms with E-state index in [-0.39, 0.29) is 16.1 Å². The largest absolute Gasteiger partial charge is 0.296 e. The van der Waals surface area contributed by atoms with Crippen molar-refractivity contribution in [1.29, 1.82) is 0 Å². The van der Waals surface area contributed by atoms with E-state index in [2.05, 4.69) is 20.2 Å². The number of sulfonamides is 1. The molecule has 9 heteroatoms. The maximum atomic E-state index is 12.8. The zero-order valence-corrected chi connectivity index (χ0v) is 17.2. The first-order valence-electron chi connectivity index (χ1n) is 8.90. The predicted molar refractivity (Wildman–Crippen MR) is 117 cm³/mol. The predicted octanol–water partition coefficient (Wildman–Crippen LogP) is 4.26. The number of hydrogen-bond donors (Lipinski definition) is 2. The number of rotatable bonds is 6. The summed E-state index contributed by atoms with van der Waals surface area (Å²) in [6, 6.07) is 23.8. The van der Waals surface area contributed by atoms with Crippen molar-refractivity contribution < 1.29 is 13.2 Å². The van der Waals surface area contributed by atoms with Crippen LogP contribution >= 0.6 is 11.3 Å². The molecule has 0 unspecified atom stereocenters. The number of carbonyl (C=O) groups excluding carboxylic acids is 1. The fourth-order valence-electron chi connectivity index (χ4n) is 2.71. The molecule has 0 aliphatic carbocycles. The van der Waals surface area contributed by atoms with Gasteiger partial charge in [-0.2, -0.15) is 0 Å². The number of anilines is 2. The maximum absolute atomic E-state index is 12.8. The highest BCUT2D eigenvalue weighted by Gasteiger charge is 2.19. The van der Waals surface area contributed by atoms with Gasteiger partial charge < -0.3 is 0 Å². The van der Waals surface area contributed by atoms with Gasteiger partial charge in [-0.15, -0.1) is 10.2 Å². The monoisotopic (exact) mass is 436 g/mol. The number of nitrogens with zero attached hydrogens (tertiary/aromatic N) is 2. The number of para-hydroxylation sites is 1. The van der Waals surface area contributed by atoms with Crippen molar-refractivity contribution in [2.75, 3.05) is 10.0 Å². The summed E-state index contributed by atoms with van der Waals surface area (Å²) in [5.74, 6) is -0.489. The molecule has 30 heavy (non-hydrogen) atoms. The maximum Gasteiger partial charge on any atom is 0.261 e. The molecule has 7 nitrogen and oxygen atoms in total. The quantitative estimate of drug-likeness (QED) is 0.470. The molecule has 2 N–H and O–H groups in total. The number of aromatic nitrogens is 2. The standard InChI is InChI=1S/C21H16N4O3S2/c26-19(22-21-24-23-20(29-21)15-9-3-1-4-10-15)17-13-7-8-14-18(17)25-30(27,28)16-11-5-2-6-12-16/h1-14,25H,(H,22,24,26). The van der Waals surface area contributed by atoms with Gasteiger partial charge >= 0.3 is 0 Å². The van der Waals surface area contributed by atoms with Crippen LogP contribution < -0.4 is 10.0 Å². The minimum Gasteiger partial charge on any atom is -0.296 e. The lowest BCUT2D eigenvalue weighted by molar-refractivity contribution is 0.102. The van der Waals surface area contributed by atoms with Crippen molar-refractivity contribution >= 4 is 38.1 Å². The van der Waals surface area contributed by atoms with Crippen molar-refractivity contribution in [2.45, 2.75) is 4.90 Å². The summed E-state index contributed by atoms with van der Waals surface area (Å²) in [5, 5.41) is 11.8. The molecule has 3 aromatic carbocycles. The second-order valence-corrected chi connectivity index (χ2v) is 8.86. The number of nitrogens with one attached hydrogen (secondary N) is 2. The Hall–Kier alpha value is -3.56. The Balaban J connectivity index is 1.55. The molecule has 0 saturated carbocycles. The number of carbonyl (C=O) groups is 1. The minimum atomic E-state index is -3.83. The fourth-order valence-corrected chi connectivity index (χ4v) is 4.55.